The molecule has 2 aromatic heterocycles. The topological polar surface area (TPSA) is 82.9 Å². The maximum absolute atomic E-state index is 14.0. The number of carbonyl (C=O) groups is 1. The summed E-state index contributed by atoms with van der Waals surface area (Å²) in [6, 6.07) is 2.57. The molecule has 4 fully saturated rings. The Morgan fingerprint density at radius 1 is 1.10 bits per heavy atom. The van der Waals surface area contributed by atoms with Crippen molar-refractivity contribution in [2.45, 2.75) is 64.1 Å². The van der Waals surface area contributed by atoms with Crippen LogP contribution < -0.4 is 9.80 Å². The van der Waals surface area contributed by atoms with Crippen LogP contribution in [0.15, 0.2) is 24.9 Å². The highest BCUT2D eigenvalue weighted by Crippen LogP contribution is 2.39. The molecule has 228 valence electrons. The molecule has 0 spiro atoms. The van der Waals surface area contributed by atoms with Gasteiger partial charge < -0.3 is 19.4 Å². The Labute approximate surface area is 246 Å². The summed E-state index contributed by atoms with van der Waals surface area (Å²) in [4.78, 5) is 29.0. The molecule has 0 N–H and O–H groups in total. The van der Waals surface area contributed by atoms with Gasteiger partial charge in [-0.3, -0.25) is 14.4 Å². The molecule has 0 bridgehead atoms. The second-order valence-electron chi connectivity index (χ2n) is 12.3. The predicted octanol–water partition coefficient (Wildman–Crippen LogP) is 3.42. The zero-order chi connectivity index (χ0) is 29.5. The van der Waals surface area contributed by atoms with Crippen molar-refractivity contribution in [2.75, 3.05) is 68.8 Å². The van der Waals surface area contributed by atoms with Crippen LogP contribution in [0.5, 0.6) is 0 Å². The molecular weight excluding hydrogens is 542 g/mol. The molecular formula is C30H42F2N8O2. The van der Waals surface area contributed by atoms with Crippen LogP contribution in [0.2, 0.25) is 0 Å². The number of ether oxygens (including phenoxy) is 1. The number of hydrogen-bond donors (Lipinski definition) is 0. The molecule has 1 amide bonds. The monoisotopic (exact) mass is 584 g/mol. The molecule has 5 atom stereocenters. The van der Waals surface area contributed by atoms with Crippen LogP contribution in [0, 0.1) is 12.8 Å². The van der Waals surface area contributed by atoms with E-state index >= 15 is 0 Å². The van der Waals surface area contributed by atoms with Gasteiger partial charge in [0.1, 0.15) is 11.6 Å². The van der Waals surface area contributed by atoms with Crippen LogP contribution in [-0.2, 0) is 9.53 Å². The highest BCUT2D eigenvalue weighted by atomic mass is 19.3. The SMILES string of the molecule is C=CC(=O)N1CCN([C@@H]2CN(c3cc(N4CC[C@@H](c5c(C)cnn5[C@H]5CCOC5)[C@H](C)C4)nc(C(F)F)n3)[C@@H]2C)CC1. The highest BCUT2D eigenvalue weighted by Gasteiger charge is 2.42. The summed E-state index contributed by atoms with van der Waals surface area (Å²) in [5.74, 6) is 1.31. The van der Waals surface area contributed by atoms with Gasteiger partial charge in [-0.2, -0.15) is 5.10 Å². The third-order valence-electron chi connectivity index (χ3n) is 9.77. The Kier molecular flexibility index (Phi) is 8.19. The van der Waals surface area contributed by atoms with Crippen molar-refractivity contribution in [1.82, 2.24) is 29.5 Å². The van der Waals surface area contributed by atoms with Gasteiger partial charge in [0.2, 0.25) is 5.91 Å². The van der Waals surface area contributed by atoms with E-state index in [-0.39, 0.29) is 24.0 Å². The Bertz CT molecular complexity index is 1290. The molecule has 12 heteroatoms. The summed E-state index contributed by atoms with van der Waals surface area (Å²) in [5.41, 5.74) is 2.48. The maximum atomic E-state index is 14.0. The summed E-state index contributed by atoms with van der Waals surface area (Å²) >= 11 is 0. The van der Waals surface area contributed by atoms with Gasteiger partial charge in [-0.15, -0.1) is 0 Å². The van der Waals surface area contributed by atoms with E-state index in [1.54, 1.807) is 0 Å². The van der Waals surface area contributed by atoms with Crippen molar-refractivity contribution < 1.29 is 18.3 Å². The minimum atomic E-state index is -2.74. The van der Waals surface area contributed by atoms with Gasteiger partial charge in [0.25, 0.3) is 6.43 Å². The van der Waals surface area contributed by atoms with Crippen LogP contribution >= 0.6 is 0 Å². The fourth-order valence-corrected chi connectivity index (χ4v) is 7.25. The Balaban J connectivity index is 1.15. The smallest absolute Gasteiger partial charge is 0.297 e. The minimum absolute atomic E-state index is 0.0338. The number of nitrogens with zero attached hydrogens (tertiary/aromatic N) is 8. The molecule has 4 aliphatic rings. The number of rotatable bonds is 7. The van der Waals surface area contributed by atoms with E-state index in [4.69, 9.17) is 9.84 Å². The van der Waals surface area contributed by atoms with Gasteiger partial charge in [0, 0.05) is 82.2 Å². The molecule has 0 aliphatic carbocycles. The lowest BCUT2D eigenvalue weighted by Crippen LogP contribution is -2.68. The molecule has 0 saturated carbocycles. The Hall–Kier alpha value is -3.12. The number of alkyl halides is 2. The average molecular weight is 585 g/mol. The molecule has 6 rings (SSSR count). The number of aryl methyl sites for hydroxylation is 1. The normalized spacial score (nSPS) is 28.8. The molecule has 0 unspecified atom stereocenters. The number of piperidine rings is 1. The fraction of sp³-hybridized carbons (Fsp3) is 0.667. The molecule has 4 aliphatic heterocycles. The standard InChI is InChI=1S/C30H42F2N8O2/c1-5-27(41)37-11-9-36(10-12-37)24-17-39(21(24)4)26-14-25(34-30(35-26)29(31)32)38-8-6-23(20(3)16-38)28-19(2)15-33-40(28)22-7-13-42-18-22/h5,14-15,20-24,29H,1,6-13,16-18H2,2-4H3/t20-,21-,22+,23-,24-/m1/s1. The van der Waals surface area contributed by atoms with Crippen molar-refractivity contribution in [2.24, 2.45) is 5.92 Å². The molecule has 6 heterocycles. The van der Waals surface area contributed by atoms with E-state index in [2.05, 4.69) is 56.7 Å². The molecule has 2 aromatic rings. The Morgan fingerprint density at radius 2 is 1.86 bits per heavy atom. The van der Waals surface area contributed by atoms with Crippen LogP contribution in [-0.4, -0.2) is 107 Å². The number of anilines is 2. The first-order valence-corrected chi connectivity index (χ1v) is 15.2. The van der Waals surface area contributed by atoms with E-state index in [1.165, 1.54) is 17.3 Å². The first kappa shape index (κ1) is 29.0. The highest BCUT2D eigenvalue weighted by molar-refractivity contribution is 5.87. The summed E-state index contributed by atoms with van der Waals surface area (Å²) in [7, 11) is 0. The predicted molar refractivity (Wildman–Crippen MR) is 156 cm³/mol. The first-order valence-electron chi connectivity index (χ1n) is 15.2. The Morgan fingerprint density at radius 3 is 2.50 bits per heavy atom. The van der Waals surface area contributed by atoms with Crippen LogP contribution in [0.3, 0.4) is 0 Å². The largest absolute Gasteiger partial charge is 0.379 e. The number of hydrogen-bond acceptors (Lipinski definition) is 8. The van der Waals surface area contributed by atoms with E-state index in [0.717, 1.165) is 45.6 Å². The zero-order valence-corrected chi connectivity index (χ0v) is 24.8. The number of carbonyl (C=O) groups excluding carboxylic acids is 1. The van der Waals surface area contributed by atoms with Crippen molar-refractivity contribution in [3.63, 3.8) is 0 Å². The van der Waals surface area contributed by atoms with Gasteiger partial charge in [0.05, 0.1) is 18.8 Å². The molecule has 0 aromatic carbocycles. The zero-order valence-electron chi connectivity index (χ0n) is 24.8. The second-order valence-corrected chi connectivity index (χ2v) is 12.3. The van der Waals surface area contributed by atoms with Crippen LogP contribution in [0.25, 0.3) is 0 Å². The number of halogens is 2. The van der Waals surface area contributed by atoms with Gasteiger partial charge in [-0.1, -0.05) is 13.5 Å². The molecule has 42 heavy (non-hydrogen) atoms. The molecule has 10 nitrogen and oxygen atoms in total. The quantitative estimate of drug-likeness (QED) is 0.458. The first-order chi connectivity index (χ1) is 20.2. The van der Waals surface area contributed by atoms with Gasteiger partial charge in [-0.25, -0.2) is 18.7 Å². The van der Waals surface area contributed by atoms with Gasteiger partial charge in [0.15, 0.2) is 5.82 Å². The van der Waals surface area contributed by atoms with E-state index < -0.39 is 12.2 Å². The number of aromatic nitrogens is 4. The lowest BCUT2D eigenvalue weighted by atomic mass is 9.83. The lowest BCUT2D eigenvalue weighted by molar-refractivity contribution is -0.128. The van der Waals surface area contributed by atoms with Crippen molar-refractivity contribution in [3.8, 4) is 0 Å². The molecule has 4 saturated heterocycles. The number of amides is 1. The van der Waals surface area contributed by atoms with E-state index in [0.29, 0.717) is 49.7 Å². The molecule has 0 radical (unpaired) electrons. The number of piperazine rings is 1. The van der Waals surface area contributed by atoms with Crippen LogP contribution in [0.4, 0.5) is 20.4 Å². The van der Waals surface area contributed by atoms with Crippen molar-refractivity contribution in [1.29, 1.82) is 0 Å². The summed E-state index contributed by atoms with van der Waals surface area (Å²) in [5, 5.41) is 4.71. The van der Waals surface area contributed by atoms with Crippen molar-refractivity contribution >= 4 is 17.5 Å². The minimum Gasteiger partial charge on any atom is -0.379 e. The van der Waals surface area contributed by atoms with E-state index in [1.807, 2.05) is 17.2 Å². The third-order valence-corrected chi connectivity index (χ3v) is 9.77. The maximum Gasteiger partial charge on any atom is 0.297 e. The summed E-state index contributed by atoms with van der Waals surface area (Å²) in [6.45, 7) is 16.6. The fourth-order valence-electron chi connectivity index (χ4n) is 7.25. The second kappa shape index (κ2) is 11.9. The van der Waals surface area contributed by atoms with Crippen LogP contribution in [0.1, 0.15) is 62.2 Å². The summed E-state index contributed by atoms with van der Waals surface area (Å²) < 4.78 is 35.8. The lowest BCUT2D eigenvalue weighted by Gasteiger charge is -2.53. The van der Waals surface area contributed by atoms with Gasteiger partial charge >= 0.3 is 0 Å². The van der Waals surface area contributed by atoms with Crippen molar-refractivity contribution in [3.05, 3.63) is 42.0 Å². The third kappa shape index (κ3) is 5.39. The van der Waals surface area contributed by atoms with Gasteiger partial charge in [-0.05, 0) is 44.2 Å². The summed E-state index contributed by atoms with van der Waals surface area (Å²) in [6.07, 6.45) is 2.45. The average Bonchev–Trinajstić information content (AvgIpc) is 3.66. The van der Waals surface area contributed by atoms with E-state index in [9.17, 15) is 13.6 Å².